The van der Waals surface area contributed by atoms with Crippen LogP contribution in [0.2, 0.25) is 0 Å². The molecule has 0 bridgehead atoms. The Bertz CT molecular complexity index is 569. The maximum absolute atomic E-state index is 13.9. The number of rotatable bonds is 5. The molecule has 0 unspecified atom stereocenters. The monoisotopic (exact) mass is 312 g/mol. The molecule has 0 saturated heterocycles. The van der Waals surface area contributed by atoms with Crippen molar-refractivity contribution in [2.45, 2.75) is 50.1 Å². The average Bonchev–Trinajstić information content (AvgIpc) is 2.57. The molecule has 1 aliphatic carbocycles. The van der Waals surface area contributed by atoms with E-state index in [4.69, 9.17) is 0 Å². The summed E-state index contributed by atoms with van der Waals surface area (Å²) in [5.41, 5.74) is 2.88. The van der Waals surface area contributed by atoms with Crippen LogP contribution in [-0.2, 0) is 16.9 Å². The fraction of sp³-hybridized carbons (Fsp3) is 0.400. The lowest BCUT2D eigenvalue weighted by Crippen LogP contribution is -2.16. The summed E-state index contributed by atoms with van der Waals surface area (Å²) in [5.74, 6) is 0. The van der Waals surface area contributed by atoms with E-state index in [-0.39, 0.29) is 0 Å². The average molecular weight is 312 g/mol. The zero-order valence-electron chi connectivity index (χ0n) is 13.2. The van der Waals surface area contributed by atoms with Crippen molar-refractivity contribution in [2.24, 2.45) is 0 Å². The van der Waals surface area contributed by atoms with Crippen LogP contribution in [0.15, 0.2) is 60.7 Å². The Morgan fingerprint density at radius 3 is 1.64 bits per heavy atom. The van der Waals surface area contributed by atoms with E-state index in [1.165, 1.54) is 30.4 Å². The molecule has 0 atom stereocenters. The zero-order chi connectivity index (χ0) is 15.3. The molecule has 0 amide bonds. The molecule has 3 rings (SSSR count). The van der Waals surface area contributed by atoms with Crippen LogP contribution < -0.4 is 0 Å². The van der Waals surface area contributed by atoms with Crippen molar-refractivity contribution in [2.75, 3.05) is 0 Å². The van der Waals surface area contributed by atoms with Gasteiger partial charge in [0.15, 0.2) is 0 Å². The number of hydrogen-bond donors (Lipinski definition) is 0. The van der Waals surface area contributed by atoms with Crippen LogP contribution in [0.4, 0.5) is 0 Å². The Morgan fingerprint density at radius 2 is 1.18 bits per heavy atom. The first-order chi connectivity index (χ1) is 10.8. The first-order valence-electron chi connectivity index (χ1n) is 8.42. The third-order valence-electron chi connectivity index (χ3n) is 4.83. The molecule has 116 valence electrons. The van der Waals surface area contributed by atoms with Gasteiger partial charge in [0.1, 0.15) is 0 Å². The van der Waals surface area contributed by atoms with Crippen LogP contribution >= 0.6 is 7.14 Å². The highest BCUT2D eigenvalue weighted by Gasteiger charge is 2.34. The predicted molar refractivity (Wildman–Crippen MR) is 94.8 cm³/mol. The second kappa shape index (κ2) is 7.29. The Labute approximate surface area is 134 Å². The Kier molecular flexibility index (Phi) is 5.16. The topological polar surface area (TPSA) is 17.1 Å². The summed E-state index contributed by atoms with van der Waals surface area (Å²) < 4.78 is 13.9. The van der Waals surface area contributed by atoms with Gasteiger partial charge in [-0.1, -0.05) is 79.9 Å². The molecule has 2 aromatic carbocycles. The summed E-state index contributed by atoms with van der Waals surface area (Å²) in [7, 11) is -2.24. The molecule has 0 heterocycles. The van der Waals surface area contributed by atoms with E-state index >= 15 is 0 Å². The lowest BCUT2D eigenvalue weighted by atomic mass is 10.0. The molecule has 0 radical (unpaired) electrons. The minimum Gasteiger partial charge on any atom is -0.323 e. The molecule has 2 aromatic rings. The number of benzene rings is 2. The summed E-state index contributed by atoms with van der Waals surface area (Å²) in [6.07, 6.45) is 7.62. The first kappa shape index (κ1) is 15.6. The van der Waals surface area contributed by atoms with Crippen molar-refractivity contribution in [3.05, 3.63) is 71.8 Å². The lowest BCUT2D eigenvalue weighted by Gasteiger charge is -2.31. The molecule has 0 aromatic heterocycles. The quantitative estimate of drug-likeness (QED) is 0.611. The van der Waals surface area contributed by atoms with E-state index in [0.29, 0.717) is 5.66 Å². The van der Waals surface area contributed by atoms with E-state index in [1.807, 2.05) is 12.1 Å². The molecule has 1 nitrogen and oxygen atoms in total. The zero-order valence-corrected chi connectivity index (χ0v) is 14.1. The van der Waals surface area contributed by atoms with Crippen molar-refractivity contribution in [1.29, 1.82) is 0 Å². The van der Waals surface area contributed by atoms with Gasteiger partial charge in [0, 0.05) is 18.0 Å². The maximum atomic E-state index is 13.9. The molecule has 1 aliphatic rings. The van der Waals surface area contributed by atoms with Crippen LogP contribution in [0.1, 0.15) is 43.2 Å². The van der Waals surface area contributed by atoms with E-state index in [1.54, 1.807) is 0 Å². The van der Waals surface area contributed by atoms with Crippen LogP contribution in [0.3, 0.4) is 0 Å². The third kappa shape index (κ3) is 3.90. The third-order valence-corrected chi connectivity index (χ3v) is 8.47. The molecule has 22 heavy (non-hydrogen) atoms. The van der Waals surface area contributed by atoms with E-state index in [9.17, 15) is 4.57 Å². The minimum absolute atomic E-state index is 0.418. The molecule has 1 saturated carbocycles. The highest BCUT2D eigenvalue weighted by molar-refractivity contribution is 7.63. The second-order valence-corrected chi connectivity index (χ2v) is 9.80. The standard InChI is InChI=1S/C20H25OP/c21-22(20-14-8-3-9-15-20,16-18-10-4-1-5-11-18)17-19-12-6-2-7-13-19/h1-2,4-7,10-13,20H,3,8-9,14-17H2. The van der Waals surface area contributed by atoms with Crippen LogP contribution in [0.5, 0.6) is 0 Å². The summed E-state index contributed by atoms with van der Waals surface area (Å²) in [4.78, 5) is 0. The summed E-state index contributed by atoms with van der Waals surface area (Å²) in [5, 5.41) is 0. The van der Waals surface area contributed by atoms with Crippen LogP contribution in [0.25, 0.3) is 0 Å². The van der Waals surface area contributed by atoms with Gasteiger partial charge < -0.3 is 4.57 Å². The van der Waals surface area contributed by atoms with Gasteiger partial charge in [-0.15, -0.1) is 0 Å². The molecule has 2 heteroatoms. The van der Waals surface area contributed by atoms with Gasteiger partial charge >= 0.3 is 0 Å². The summed E-state index contributed by atoms with van der Waals surface area (Å²) in [6, 6.07) is 20.8. The Hall–Kier alpha value is -1.33. The molecule has 0 spiro atoms. The molecule has 0 aliphatic heterocycles. The summed E-state index contributed by atoms with van der Waals surface area (Å²) >= 11 is 0. The van der Waals surface area contributed by atoms with Gasteiger partial charge in [-0.2, -0.15) is 0 Å². The lowest BCUT2D eigenvalue weighted by molar-refractivity contribution is 0.481. The normalized spacial score (nSPS) is 16.5. The van der Waals surface area contributed by atoms with E-state index in [0.717, 1.165) is 25.2 Å². The SMILES string of the molecule is O=P(Cc1ccccc1)(Cc1ccccc1)C1CCCCC1. The van der Waals surface area contributed by atoms with Crippen LogP contribution in [-0.4, -0.2) is 5.66 Å². The Morgan fingerprint density at radius 1 is 0.727 bits per heavy atom. The van der Waals surface area contributed by atoms with E-state index < -0.39 is 7.14 Å². The maximum Gasteiger partial charge on any atom is 0.0990 e. The van der Waals surface area contributed by atoms with Crippen LogP contribution in [0, 0.1) is 0 Å². The van der Waals surface area contributed by atoms with Crippen molar-refractivity contribution in [3.63, 3.8) is 0 Å². The molecular weight excluding hydrogens is 287 g/mol. The predicted octanol–water partition coefficient (Wildman–Crippen LogP) is 6.08. The van der Waals surface area contributed by atoms with Gasteiger partial charge in [0.2, 0.25) is 0 Å². The first-order valence-corrected chi connectivity index (χ1v) is 10.6. The van der Waals surface area contributed by atoms with Crippen molar-refractivity contribution in [1.82, 2.24) is 0 Å². The van der Waals surface area contributed by atoms with Crippen molar-refractivity contribution >= 4 is 7.14 Å². The minimum atomic E-state index is -2.24. The molecule has 0 N–H and O–H groups in total. The highest BCUT2D eigenvalue weighted by atomic mass is 31.2. The van der Waals surface area contributed by atoms with Gasteiger partial charge in [0.25, 0.3) is 0 Å². The largest absolute Gasteiger partial charge is 0.323 e. The number of hydrogen-bond acceptors (Lipinski definition) is 1. The highest BCUT2D eigenvalue weighted by Crippen LogP contribution is 2.60. The van der Waals surface area contributed by atoms with E-state index in [2.05, 4.69) is 48.5 Å². The smallest absolute Gasteiger partial charge is 0.0990 e. The molecular formula is C20H25OP. The van der Waals surface area contributed by atoms with Gasteiger partial charge in [0.05, 0.1) is 7.14 Å². The summed E-state index contributed by atoms with van der Waals surface area (Å²) in [6.45, 7) is 0. The molecule has 1 fully saturated rings. The van der Waals surface area contributed by atoms with Gasteiger partial charge in [-0.25, -0.2) is 0 Å². The van der Waals surface area contributed by atoms with Gasteiger partial charge in [-0.05, 0) is 24.0 Å². The fourth-order valence-electron chi connectivity index (χ4n) is 3.65. The van der Waals surface area contributed by atoms with Crippen molar-refractivity contribution in [3.8, 4) is 0 Å². The Balaban J connectivity index is 1.85. The second-order valence-electron chi connectivity index (χ2n) is 6.53. The fourth-order valence-corrected chi connectivity index (χ4v) is 7.24. The van der Waals surface area contributed by atoms with Gasteiger partial charge in [-0.3, -0.25) is 0 Å². The van der Waals surface area contributed by atoms with Crippen molar-refractivity contribution < 1.29 is 4.57 Å².